The number of methoxy groups -OCH3 is 2. The van der Waals surface area contributed by atoms with Crippen molar-refractivity contribution in [3.63, 3.8) is 0 Å². The summed E-state index contributed by atoms with van der Waals surface area (Å²) >= 11 is 0. The zero-order valence-electron chi connectivity index (χ0n) is 20.4. The van der Waals surface area contributed by atoms with Crippen LogP contribution in [-0.2, 0) is 18.7 Å². The summed E-state index contributed by atoms with van der Waals surface area (Å²) in [6.07, 6.45) is 0.533. The summed E-state index contributed by atoms with van der Waals surface area (Å²) < 4.78 is 10.7. The van der Waals surface area contributed by atoms with E-state index in [9.17, 15) is 5.11 Å². The second kappa shape index (κ2) is 11.7. The highest BCUT2D eigenvalue weighted by Crippen LogP contribution is 2.35. The molecule has 0 aliphatic heterocycles. The fourth-order valence-corrected chi connectivity index (χ4v) is 4.41. The third-order valence-electron chi connectivity index (χ3n) is 6.42. The van der Waals surface area contributed by atoms with Gasteiger partial charge in [0, 0.05) is 19.6 Å². The first-order chi connectivity index (χ1) is 17.1. The average Bonchev–Trinajstić information content (AvgIpc) is 2.93. The molecule has 0 saturated carbocycles. The van der Waals surface area contributed by atoms with Crippen LogP contribution in [0, 0.1) is 0 Å². The SMILES string of the molecule is COc1ccc(C(O)(CCN(Cc2ccccc2)Cc2ccccc2)c2ccc(OC)cc2)cc1. The van der Waals surface area contributed by atoms with Crippen molar-refractivity contribution in [3.8, 4) is 11.5 Å². The second-order valence-electron chi connectivity index (χ2n) is 8.75. The molecule has 0 bridgehead atoms. The topological polar surface area (TPSA) is 41.9 Å². The molecule has 0 heterocycles. The van der Waals surface area contributed by atoms with Gasteiger partial charge in [-0.25, -0.2) is 0 Å². The maximum atomic E-state index is 12.2. The smallest absolute Gasteiger partial charge is 0.118 e. The lowest BCUT2D eigenvalue weighted by atomic mass is 9.83. The van der Waals surface area contributed by atoms with E-state index >= 15 is 0 Å². The molecule has 0 fully saturated rings. The van der Waals surface area contributed by atoms with Gasteiger partial charge in [-0.05, 0) is 52.9 Å². The molecular formula is C31H33NO3. The van der Waals surface area contributed by atoms with E-state index < -0.39 is 5.60 Å². The van der Waals surface area contributed by atoms with Crippen LogP contribution >= 0.6 is 0 Å². The van der Waals surface area contributed by atoms with Crippen LogP contribution in [0.1, 0.15) is 28.7 Å². The van der Waals surface area contributed by atoms with Crippen LogP contribution in [0.5, 0.6) is 11.5 Å². The van der Waals surface area contributed by atoms with Gasteiger partial charge in [-0.3, -0.25) is 4.90 Å². The molecule has 0 amide bonds. The van der Waals surface area contributed by atoms with Crippen LogP contribution < -0.4 is 9.47 Å². The Labute approximate surface area is 208 Å². The lowest BCUT2D eigenvalue weighted by Crippen LogP contribution is -2.34. The van der Waals surface area contributed by atoms with E-state index in [4.69, 9.17) is 9.47 Å². The summed E-state index contributed by atoms with van der Waals surface area (Å²) in [5.41, 5.74) is 3.01. The summed E-state index contributed by atoms with van der Waals surface area (Å²) in [7, 11) is 3.30. The lowest BCUT2D eigenvalue weighted by molar-refractivity contribution is 0.0548. The fourth-order valence-electron chi connectivity index (χ4n) is 4.41. The molecule has 4 aromatic carbocycles. The highest BCUT2D eigenvalue weighted by Gasteiger charge is 2.32. The molecule has 4 rings (SSSR count). The number of nitrogens with zero attached hydrogens (tertiary/aromatic N) is 1. The zero-order chi connectivity index (χ0) is 24.5. The summed E-state index contributed by atoms with van der Waals surface area (Å²) in [5, 5.41) is 12.2. The van der Waals surface area contributed by atoms with Crippen molar-refractivity contribution in [1.29, 1.82) is 0 Å². The molecule has 35 heavy (non-hydrogen) atoms. The van der Waals surface area contributed by atoms with Crippen LogP contribution in [0.15, 0.2) is 109 Å². The van der Waals surface area contributed by atoms with E-state index in [1.54, 1.807) is 14.2 Å². The quantitative estimate of drug-likeness (QED) is 0.292. The van der Waals surface area contributed by atoms with Crippen molar-refractivity contribution in [2.24, 2.45) is 0 Å². The summed E-state index contributed by atoms with van der Waals surface area (Å²) in [6.45, 7) is 2.31. The van der Waals surface area contributed by atoms with Crippen molar-refractivity contribution in [1.82, 2.24) is 4.90 Å². The molecule has 0 atom stereocenters. The molecule has 1 N–H and O–H groups in total. The van der Waals surface area contributed by atoms with E-state index in [2.05, 4.69) is 53.4 Å². The van der Waals surface area contributed by atoms with Gasteiger partial charge in [0.05, 0.1) is 14.2 Å². The van der Waals surface area contributed by atoms with E-state index in [1.807, 2.05) is 60.7 Å². The van der Waals surface area contributed by atoms with Crippen molar-refractivity contribution >= 4 is 0 Å². The first kappa shape index (κ1) is 24.5. The van der Waals surface area contributed by atoms with Gasteiger partial charge in [0.15, 0.2) is 0 Å². The number of hydrogen-bond acceptors (Lipinski definition) is 4. The van der Waals surface area contributed by atoms with Gasteiger partial charge in [0.1, 0.15) is 17.1 Å². The molecular weight excluding hydrogens is 434 g/mol. The number of aliphatic hydroxyl groups is 1. The van der Waals surface area contributed by atoms with E-state index in [1.165, 1.54) is 11.1 Å². The third-order valence-corrected chi connectivity index (χ3v) is 6.42. The fraction of sp³-hybridized carbons (Fsp3) is 0.226. The Bertz CT molecular complexity index is 1070. The molecule has 0 radical (unpaired) electrons. The molecule has 0 spiro atoms. The maximum absolute atomic E-state index is 12.2. The Morgan fingerprint density at radius 3 is 1.37 bits per heavy atom. The van der Waals surface area contributed by atoms with Gasteiger partial charge >= 0.3 is 0 Å². The Balaban J connectivity index is 1.63. The van der Waals surface area contributed by atoms with Crippen molar-refractivity contribution in [2.75, 3.05) is 20.8 Å². The minimum absolute atomic E-state index is 0.533. The standard InChI is InChI=1S/C31H33NO3/c1-34-29-17-13-27(14-18-29)31(33,28-15-19-30(35-2)20-16-28)21-22-32(23-25-9-5-3-6-10-25)24-26-11-7-4-8-12-26/h3-20,33H,21-24H2,1-2H3. The summed E-state index contributed by atoms with van der Waals surface area (Å²) in [5.74, 6) is 1.53. The van der Waals surface area contributed by atoms with Gasteiger partial charge in [-0.2, -0.15) is 0 Å². The molecule has 0 aliphatic carbocycles. The molecule has 4 nitrogen and oxygen atoms in total. The van der Waals surface area contributed by atoms with Crippen LogP contribution in [0.3, 0.4) is 0 Å². The van der Waals surface area contributed by atoms with E-state index in [-0.39, 0.29) is 0 Å². The first-order valence-electron chi connectivity index (χ1n) is 11.9. The Morgan fingerprint density at radius 1 is 0.600 bits per heavy atom. The number of rotatable bonds is 11. The number of hydrogen-bond donors (Lipinski definition) is 1. The van der Waals surface area contributed by atoms with E-state index in [0.717, 1.165) is 35.7 Å². The van der Waals surface area contributed by atoms with Gasteiger partial charge in [0.25, 0.3) is 0 Å². The molecule has 0 saturated heterocycles. The molecule has 180 valence electrons. The number of benzene rings is 4. The minimum atomic E-state index is -1.16. The van der Waals surface area contributed by atoms with E-state index in [0.29, 0.717) is 13.0 Å². The molecule has 0 aliphatic rings. The van der Waals surface area contributed by atoms with Gasteiger partial charge in [-0.15, -0.1) is 0 Å². The Morgan fingerprint density at radius 2 is 1.00 bits per heavy atom. The van der Waals surface area contributed by atoms with Crippen molar-refractivity contribution < 1.29 is 14.6 Å². The predicted octanol–water partition coefficient (Wildman–Crippen LogP) is 6.03. The molecule has 4 aromatic rings. The highest BCUT2D eigenvalue weighted by atomic mass is 16.5. The summed E-state index contributed by atoms with van der Waals surface area (Å²) in [6, 6.07) is 36.3. The third kappa shape index (κ3) is 6.30. The molecule has 0 aromatic heterocycles. The number of ether oxygens (including phenoxy) is 2. The first-order valence-corrected chi connectivity index (χ1v) is 11.9. The van der Waals surface area contributed by atoms with Crippen LogP contribution in [0.4, 0.5) is 0 Å². The summed E-state index contributed by atoms with van der Waals surface area (Å²) in [4.78, 5) is 2.39. The Hall–Kier alpha value is -3.60. The normalized spacial score (nSPS) is 11.4. The van der Waals surface area contributed by atoms with Crippen LogP contribution in [0.25, 0.3) is 0 Å². The monoisotopic (exact) mass is 467 g/mol. The van der Waals surface area contributed by atoms with Gasteiger partial charge in [0.2, 0.25) is 0 Å². The van der Waals surface area contributed by atoms with Gasteiger partial charge < -0.3 is 14.6 Å². The maximum Gasteiger partial charge on any atom is 0.118 e. The highest BCUT2D eigenvalue weighted by molar-refractivity contribution is 5.41. The largest absolute Gasteiger partial charge is 0.497 e. The van der Waals surface area contributed by atoms with Crippen molar-refractivity contribution in [3.05, 3.63) is 131 Å². The second-order valence-corrected chi connectivity index (χ2v) is 8.75. The minimum Gasteiger partial charge on any atom is -0.497 e. The lowest BCUT2D eigenvalue weighted by Gasteiger charge is -2.33. The predicted molar refractivity (Wildman–Crippen MR) is 141 cm³/mol. The van der Waals surface area contributed by atoms with Crippen molar-refractivity contribution in [2.45, 2.75) is 25.1 Å². The van der Waals surface area contributed by atoms with Gasteiger partial charge in [-0.1, -0.05) is 84.9 Å². The Kier molecular flexibility index (Phi) is 8.19. The molecule has 0 unspecified atom stereocenters. The van der Waals surface area contributed by atoms with Crippen LogP contribution in [-0.4, -0.2) is 30.8 Å². The molecule has 4 heteroatoms. The zero-order valence-corrected chi connectivity index (χ0v) is 20.4. The van der Waals surface area contributed by atoms with Crippen LogP contribution in [0.2, 0.25) is 0 Å². The average molecular weight is 468 g/mol.